The Balaban J connectivity index is 2.20. The Morgan fingerprint density at radius 2 is 2.29 bits per heavy atom. The van der Waals surface area contributed by atoms with E-state index in [9.17, 15) is 9.18 Å². The first kappa shape index (κ1) is 16.0. The fourth-order valence-corrected chi connectivity index (χ4v) is 2.67. The topological polar surface area (TPSA) is 38.8 Å². The number of benzene rings is 1. The van der Waals surface area contributed by atoms with Crippen molar-refractivity contribution < 1.29 is 18.7 Å². The fourth-order valence-electron chi connectivity index (χ4n) is 2.51. The van der Waals surface area contributed by atoms with Crippen LogP contribution in [0.15, 0.2) is 18.2 Å². The minimum absolute atomic E-state index is 0.118. The standard InChI is InChI=1S/C15H19ClFNO3/c1-15(2)9-18(8-11(7-16)21-15)14(19)10-4-5-13(20-3)12(17)6-10/h4-6,11H,7-9H2,1-3H3. The van der Waals surface area contributed by atoms with Crippen molar-refractivity contribution in [1.29, 1.82) is 0 Å². The number of carbonyl (C=O) groups excluding carboxylic acids is 1. The van der Waals surface area contributed by atoms with Crippen molar-refractivity contribution in [3.05, 3.63) is 29.6 Å². The van der Waals surface area contributed by atoms with E-state index in [0.717, 1.165) is 0 Å². The monoisotopic (exact) mass is 315 g/mol. The molecule has 1 heterocycles. The smallest absolute Gasteiger partial charge is 0.254 e. The highest BCUT2D eigenvalue weighted by Crippen LogP contribution is 2.24. The zero-order valence-corrected chi connectivity index (χ0v) is 13.1. The van der Waals surface area contributed by atoms with Gasteiger partial charge >= 0.3 is 0 Å². The summed E-state index contributed by atoms with van der Waals surface area (Å²) in [6.45, 7) is 4.65. The maximum atomic E-state index is 13.7. The Labute approximate surface area is 128 Å². The van der Waals surface area contributed by atoms with Crippen molar-refractivity contribution in [2.24, 2.45) is 0 Å². The van der Waals surface area contributed by atoms with Crippen LogP contribution in [-0.2, 0) is 4.74 Å². The lowest BCUT2D eigenvalue weighted by Gasteiger charge is -2.42. The van der Waals surface area contributed by atoms with Gasteiger partial charge in [0.25, 0.3) is 5.91 Å². The van der Waals surface area contributed by atoms with Crippen LogP contribution in [0.25, 0.3) is 0 Å². The van der Waals surface area contributed by atoms with Crippen LogP contribution in [0.1, 0.15) is 24.2 Å². The summed E-state index contributed by atoms with van der Waals surface area (Å²) in [6, 6.07) is 4.20. The summed E-state index contributed by atoms with van der Waals surface area (Å²) in [7, 11) is 1.38. The molecule has 4 nitrogen and oxygen atoms in total. The van der Waals surface area contributed by atoms with Crippen molar-refractivity contribution in [1.82, 2.24) is 4.90 Å². The zero-order chi connectivity index (χ0) is 15.6. The van der Waals surface area contributed by atoms with E-state index in [0.29, 0.717) is 24.5 Å². The van der Waals surface area contributed by atoms with E-state index in [1.54, 1.807) is 11.0 Å². The molecule has 1 unspecified atom stereocenters. The molecule has 0 aliphatic carbocycles. The van der Waals surface area contributed by atoms with Crippen LogP contribution in [0.5, 0.6) is 5.75 Å². The minimum Gasteiger partial charge on any atom is -0.494 e. The van der Waals surface area contributed by atoms with Crippen LogP contribution in [0.2, 0.25) is 0 Å². The lowest BCUT2D eigenvalue weighted by Crippen LogP contribution is -2.55. The van der Waals surface area contributed by atoms with Crippen LogP contribution >= 0.6 is 11.6 Å². The van der Waals surface area contributed by atoms with Gasteiger partial charge in [-0.25, -0.2) is 4.39 Å². The number of methoxy groups -OCH3 is 1. The van der Waals surface area contributed by atoms with Gasteiger partial charge in [0.2, 0.25) is 0 Å². The Morgan fingerprint density at radius 1 is 1.57 bits per heavy atom. The molecule has 1 atom stereocenters. The number of nitrogens with zero attached hydrogens (tertiary/aromatic N) is 1. The van der Waals surface area contributed by atoms with Crippen molar-refractivity contribution in [3.8, 4) is 5.75 Å². The minimum atomic E-state index is -0.551. The molecule has 1 aliphatic heterocycles. The molecule has 1 saturated heterocycles. The molecule has 0 saturated carbocycles. The normalized spacial score (nSPS) is 21.2. The second kappa shape index (κ2) is 6.20. The first-order chi connectivity index (χ1) is 9.86. The van der Waals surface area contributed by atoms with E-state index in [1.165, 1.54) is 19.2 Å². The molecule has 6 heteroatoms. The quantitative estimate of drug-likeness (QED) is 0.805. The molecule has 0 radical (unpaired) electrons. The Kier molecular flexibility index (Phi) is 4.74. The van der Waals surface area contributed by atoms with E-state index in [4.69, 9.17) is 21.1 Å². The molecule has 0 bridgehead atoms. The summed E-state index contributed by atoms with van der Waals surface area (Å²) in [6.07, 6.45) is -0.220. The second-order valence-electron chi connectivity index (χ2n) is 5.69. The third kappa shape index (κ3) is 3.66. The third-order valence-electron chi connectivity index (χ3n) is 3.34. The predicted molar refractivity (Wildman–Crippen MR) is 78.5 cm³/mol. The van der Waals surface area contributed by atoms with Crippen molar-refractivity contribution >= 4 is 17.5 Å². The maximum absolute atomic E-state index is 13.7. The first-order valence-electron chi connectivity index (χ1n) is 6.73. The molecular formula is C15H19ClFNO3. The van der Waals surface area contributed by atoms with Gasteiger partial charge in [0.05, 0.1) is 24.7 Å². The lowest BCUT2D eigenvalue weighted by molar-refractivity contribution is -0.117. The molecular weight excluding hydrogens is 297 g/mol. The number of hydrogen-bond donors (Lipinski definition) is 0. The molecule has 1 fully saturated rings. The summed E-state index contributed by atoms with van der Waals surface area (Å²) in [4.78, 5) is 14.2. The number of halogens is 2. The number of alkyl halides is 1. The summed E-state index contributed by atoms with van der Waals surface area (Å²) in [5, 5.41) is 0. The van der Waals surface area contributed by atoms with Gasteiger partial charge in [-0.1, -0.05) is 0 Å². The van der Waals surface area contributed by atoms with Gasteiger partial charge in [-0.2, -0.15) is 0 Å². The summed E-state index contributed by atoms with van der Waals surface area (Å²) >= 11 is 5.85. The van der Waals surface area contributed by atoms with Crippen LogP contribution in [0, 0.1) is 5.82 Å². The van der Waals surface area contributed by atoms with Gasteiger partial charge in [-0.15, -0.1) is 11.6 Å². The number of ether oxygens (including phenoxy) is 2. The van der Waals surface area contributed by atoms with Crippen molar-refractivity contribution in [3.63, 3.8) is 0 Å². The van der Waals surface area contributed by atoms with E-state index < -0.39 is 11.4 Å². The van der Waals surface area contributed by atoms with Gasteiger partial charge < -0.3 is 14.4 Å². The lowest BCUT2D eigenvalue weighted by atomic mass is 10.0. The van der Waals surface area contributed by atoms with Crippen LogP contribution in [0.4, 0.5) is 4.39 Å². The van der Waals surface area contributed by atoms with Gasteiger partial charge in [-0.3, -0.25) is 4.79 Å². The van der Waals surface area contributed by atoms with Crippen LogP contribution in [0.3, 0.4) is 0 Å². The molecule has 0 spiro atoms. The molecule has 2 rings (SSSR count). The summed E-state index contributed by atoms with van der Waals surface area (Å²) in [5.74, 6) is -0.357. The van der Waals surface area contributed by atoms with Crippen molar-refractivity contribution in [2.75, 3.05) is 26.1 Å². The molecule has 1 aliphatic rings. The number of carbonyl (C=O) groups is 1. The molecule has 1 aromatic carbocycles. The highest BCUT2D eigenvalue weighted by molar-refractivity contribution is 6.18. The Bertz CT molecular complexity index is 536. The highest BCUT2D eigenvalue weighted by Gasteiger charge is 2.35. The molecule has 21 heavy (non-hydrogen) atoms. The highest BCUT2D eigenvalue weighted by atomic mass is 35.5. The molecule has 0 aromatic heterocycles. The van der Waals surface area contributed by atoms with E-state index in [-0.39, 0.29) is 17.8 Å². The molecule has 1 aromatic rings. The molecule has 116 valence electrons. The fraction of sp³-hybridized carbons (Fsp3) is 0.533. The Morgan fingerprint density at radius 3 is 2.86 bits per heavy atom. The van der Waals surface area contributed by atoms with E-state index in [1.807, 2.05) is 13.8 Å². The first-order valence-corrected chi connectivity index (χ1v) is 7.26. The second-order valence-corrected chi connectivity index (χ2v) is 6.00. The van der Waals surface area contributed by atoms with Crippen LogP contribution < -0.4 is 4.74 Å². The van der Waals surface area contributed by atoms with Gasteiger partial charge in [0.1, 0.15) is 0 Å². The average Bonchev–Trinajstić information content (AvgIpc) is 2.44. The SMILES string of the molecule is COc1ccc(C(=O)N2CC(CCl)OC(C)(C)C2)cc1F. The van der Waals surface area contributed by atoms with Crippen LogP contribution in [-0.4, -0.2) is 48.6 Å². The van der Waals surface area contributed by atoms with E-state index >= 15 is 0 Å². The number of hydrogen-bond acceptors (Lipinski definition) is 3. The van der Waals surface area contributed by atoms with Gasteiger partial charge in [-0.05, 0) is 32.0 Å². The Hall–Kier alpha value is -1.33. The predicted octanol–water partition coefficient (Wildman–Crippen LogP) is 2.69. The third-order valence-corrected chi connectivity index (χ3v) is 3.68. The molecule has 0 N–H and O–H groups in total. The van der Waals surface area contributed by atoms with E-state index in [2.05, 4.69) is 0 Å². The summed E-state index contributed by atoms with van der Waals surface area (Å²) < 4.78 is 24.4. The maximum Gasteiger partial charge on any atom is 0.254 e. The number of morpholine rings is 1. The summed E-state index contributed by atoms with van der Waals surface area (Å²) in [5.41, 5.74) is -0.183. The largest absolute Gasteiger partial charge is 0.494 e. The number of amides is 1. The van der Waals surface area contributed by atoms with Gasteiger partial charge in [0, 0.05) is 18.7 Å². The number of rotatable bonds is 3. The molecule has 1 amide bonds. The van der Waals surface area contributed by atoms with Crippen molar-refractivity contribution in [2.45, 2.75) is 25.6 Å². The van der Waals surface area contributed by atoms with Gasteiger partial charge in [0.15, 0.2) is 11.6 Å². The zero-order valence-electron chi connectivity index (χ0n) is 12.4. The average molecular weight is 316 g/mol.